The van der Waals surface area contributed by atoms with Crippen LogP contribution >= 0.6 is 0 Å². The van der Waals surface area contributed by atoms with Gasteiger partial charge in [0.2, 0.25) is 0 Å². The topological polar surface area (TPSA) is 64.3 Å². The SMILES string of the molecule is CCc1cccc(CC)c1CCOC(=O)Nc1cccc(CN)c1. The van der Waals surface area contributed by atoms with Crippen molar-refractivity contribution in [2.75, 3.05) is 11.9 Å². The summed E-state index contributed by atoms with van der Waals surface area (Å²) < 4.78 is 5.34. The Morgan fingerprint density at radius 3 is 2.38 bits per heavy atom. The van der Waals surface area contributed by atoms with Crippen LogP contribution in [0, 0.1) is 0 Å². The largest absolute Gasteiger partial charge is 0.449 e. The molecule has 0 aliphatic rings. The summed E-state index contributed by atoms with van der Waals surface area (Å²) >= 11 is 0. The lowest BCUT2D eigenvalue weighted by molar-refractivity contribution is 0.163. The van der Waals surface area contributed by atoms with Gasteiger partial charge in [0.25, 0.3) is 0 Å². The van der Waals surface area contributed by atoms with E-state index in [9.17, 15) is 4.79 Å². The van der Waals surface area contributed by atoms with Gasteiger partial charge in [-0.25, -0.2) is 4.79 Å². The van der Waals surface area contributed by atoms with Crippen LogP contribution in [0.25, 0.3) is 0 Å². The van der Waals surface area contributed by atoms with Crippen molar-refractivity contribution < 1.29 is 9.53 Å². The lowest BCUT2D eigenvalue weighted by atomic mass is 9.95. The molecule has 24 heavy (non-hydrogen) atoms. The number of ether oxygens (including phenoxy) is 1. The summed E-state index contributed by atoms with van der Waals surface area (Å²) in [6.45, 7) is 5.11. The molecule has 2 aromatic rings. The van der Waals surface area contributed by atoms with E-state index in [2.05, 4.69) is 37.4 Å². The van der Waals surface area contributed by atoms with Crippen LogP contribution in [0.5, 0.6) is 0 Å². The molecular weight excluding hydrogens is 300 g/mol. The summed E-state index contributed by atoms with van der Waals surface area (Å²) in [5, 5.41) is 2.74. The van der Waals surface area contributed by atoms with Gasteiger partial charge in [0.1, 0.15) is 0 Å². The molecule has 0 atom stereocenters. The smallest absolute Gasteiger partial charge is 0.411 e. The predicted octanol–water partition coefficient (Wildman–Crippen LogP) is 4.06. The number of nitrogens with two attached hydrogens (primary N) is 1. The Balaban J connectivity index is 1.91. The number of hydrogen-bond donors (Lipinski definition) is 2. The second-order valence-corrected chi connectivity index (χ2v) is 5.68. The van der Waals surface area contributed by atoms with Crippen molar-refractivity contribution in [3.8, 4) is 0 Å². The molecule has 0 aliphatic carbocycles. The van der Waals surface area contributed by atoms with Gasteiger partial charge in [0.15, 0.2) is 0 Å². The monoisotopic (exact) mass is 326 g/mol. The van der Waals surface area contributed by atoms with Crippen LogP contribution < -0.4 is 11.1 Å². The molecule has 1 amide bonds. The van der Waals surface area contributed by atoms with Gasteiger partial charge < -0.3 is 10.5 Å². The van der Waals surface area contributed by atoms with Crippen LogP contribution in [0.2, 0.25) is 0 Å². The van der Waals surface area contributed by atoms with Crippen molar-refractivity contribution in [3.63, 3.8) is 0 Å². The van der Waals surface area contributed by atoms with Crippen molar-refractivity contribution >= 4 is 11.8 Å². The molecule has 0 unspecified atom stereocenters. The number of amides is 1. The Labute approximate surface area is 144 Å². The molecule has 0 spiro atoms. The van der Waals surface area contributed by atoms with E-state index in [1.165, 1.54) is 16.7 Å². The molecule has 0 saturated carbocycles. The van der Waals surface area contributed by atoms with Crippen molar-refractivity contribution in [3.05, 3.63) is 64.7 Å². The zero-order valence-electron chi connectivity index (χ0n) is 14.5. The summed E-state index contributed by atoms with van der Waals surface area (Å²) in [5.41, 5.74) is 11.2. The lowest BCUT2D eigenvalue weighted by Gasteiger charge is -2.13. The van der Waals surface area contributed by atoms with Crippen LogP contribution in [0.15, 0.2) is 42.5 Å². The van der Waals surface area contributed by atoms with E-state index in [-0.39, 0.29) is 0 Å². The molecular formula is C20H26N2O2. The van der Waals surface area contributed by atoms with Gasteiger partial charge in [0, 0.05) is 18.7 Å². The molecule has 4 nitrogen and oxygen atoms in total. The molecule has 4 heteroatoms. The average Bonchev–Trinajstić information content (AvgIpc) is 2.61. The van der Waals surface area contributed by atoms with Gasteiger partial charge >= 0.3 is 6.09 Å². The number of aryl methyl sites for hydroxylation is 2. The minimum absolute atomic E-state index is 0.367. The molecule has 0 radical (unpaired) electrons. The molecule has 0 aliphatic heterocycles. The van der Waals surface area contributed by atoms with Gasteiger partial charge in [-0.1, -0.05) is 44.2 Å². The Kier molecular flexibility index (Phi) is 6.82. The molecule has 0 saturated heterocycles. The molecule has 3 N–H and O–H groups in total. The summed E-state index contributed by atoms with van der Waals surface area (Å²) in [6.07, 6.45) is 2.28. The fourth-order valence-electron chi connectivity index (χ4n) is 2.85. The Morgan fingerprint density at radius 1 is 1.08 bits per heavy atom. The molecule has 128 valence electrons. The van der Waals surface area contributed by atoms with Gasteiger partial charge in [-0.15, -0.1) is 0 Å². The maximum absolute atomic E-state index is 11.9. The van der Waals surface area contributed by atoms with E-state index in [0.717, 1.165) is 24.8 Å². The number of anilines is 1. The first kappa shape index (κ1) is 18.0. The molecule has 0 bridgehead atoms. The van der Waals surface area contributed by atoms with Crippen molar-refractivity contribution in [1.82, 2.24) is 0 Å². The summed E-state index contributed by atoms with van der Waals surface area (Å²) in [4.78, 5) is 11.9. The van der Waals surface area contributed by atoms with Crippen LogP contribution in [-0.2, 0) is 30.5 Å². The lowest BCUT2D eigenvalue weighted by Crippen LogP contribution is -2.16. The van der Waals surface area contributed by atoms with Gasteiger partial charge in [0.05, 0.1) is 6.61 Å². The quantitative estimate of drug-likeness (QED) is 0.806. The highest BCUT2D eigenvalue weighted by molar-refractivity contribution is 5.84. The molecule has 2 aromatic carbocycles. The van der Waals surface area contributed by atoms with Crippen molar-refractivity contribution in [1.29, 1.82) is 0 Å². The standard InChI is InChI=1S/C20H26N2O2/c1-3-16-8-6-9-17(4-2)19(16)11-12-24-20(23)22-18-10-5-7-15(13-18)14-21/h5-10,13H,3-4,11-12,14,21H2,1-2H3,(H,22,23). The minimum Gasteiger partial charge on any atom is -0.449 e. The zero-order chi connectivity index (χ0) is 17.4. The van der Waals surface area contributed by atoms with Crippen molar-refractivity contribution in [2.45, 2.75) is 39.7 Å². The van der Waals surface area contributed by atoms with E-state index in [1.54, 1.807) is 0 Å². The normalized spacial score (nSPS) is 10.5. The minimum atomic E-state index is -0.434. The number of hydrogen-bond acceptors (Lipinski definition) is 3. The first-order valence-electron chi connectivity index (χ1n) is 8.50. The van der Waals surface area contributed by atoms with E-state index >= 15 is 0 Å². The highest BCUT2D eigenvalue weighted by atomic mass is 16.5. The fraction of sp³-hybridized carbons (Fsp3) is 0.350. The van der Waals surface area contributed by atoms with E-state index in [1.807, 2.05) is 24.3 Å². The zero-order valence-corrected chi connectivity index (χ0v) is 14.5. The highest BCUT2D eigenvalue weighted by Crippen LogP contribution is 2.17. The summed E-state index contributed by atoms with van der Waals surface area (Å²) in [5.74, 6) is 0. The number of benzene rings is 2. The number of carbonyl (C=O) groups is 1. The second kappa shape index (κ2) is 9.08. The van der Waals surface area contributed by atoms with Crippen LogP contribution in [0.1, 0.15) is 36.1 Å². The van der Waals surface area contributed by atoms with Gasteiger partial charge in [-0.3, -0.25) is 5.32 Å². The van der Waals surface area contributed by atoms with Crippen LogP contribution in [0.3, 0.4) is 0 Å². The third-order valence-corrected chi connectivity index (χ3v) is 4.13. The van der Waals surface area contributed by atoms with Crippen molar-refractivity contribution in [2.24, 2.45) is 5.73 Å². The average molecular weight is 326 g/mol. The fourth-order valence-corrected chi connectivity index (χ4v) is 2.85. The Hall–Kier alpha value is -2.33. The number of carbonyl (C=O) groups excluding carboxylic acids is 1. The van der Waals surface area contributed by atoms with E-state index < -0.39 is 6.09 Å². The predicted molar refractivity (Wildman–Crippen MR) is 98.2 cm³/mol. The third-order valence-electron chi connectivity index (χ3n) is 4.13. The molecule has 0 aromatic heterocycles. The third kappa shape index (κ3) is 4.83. The molecule has 2 rings (SSSR count). The second-order valence-electron chi connectivity index (χ2n) is 5.68. The maximum Gasteiger partial charge on any atom is 0.411 e. The first-order chi connectivity index (χ1) is 11.7. The Morgan fingerprint density at radius 2 is 1.75 bits per heavy atom. The molecule has 0 heterocycles. The van der Waals surface area contributed by atoms with Gasteiger partial charge in [-0.05, 0) is 47.2 Å². The van der Waals surface area contributed by atoms with Gasteiger partial charge in [-0.2, -0.15) is 0 Å². The first-order valence-corrected chi connectivity index (χ1v) is 8.50. The summed E-state index contributed by atoms with van der Waals surface area (Å²) in [6, 6.07) is 13.8. The summed E-state index contributed by atoms with van der Waals surface area (Å²) in [7, 11) is 0. The molecule has 0 fully saturated rings. The van der Waals surface area contributed by atoms with Crippen LogP contribution in [-0.4, -0.2) is 12.7 Å². The van der Waals surface area contributed by atoms with E-state index in [0.29, 0.717) is 18.8 Å². The van der Waals surface area contributed by atoms with Crippen LogP contribution in [0.4, 0.5) is 10.5 Å². The highest BCUT2D eigenvalue weighted by Gasteiger charge is 2.08. The number of rotatable bonds is 7. The maximum atomic E-state index is 11.9. The van der Waals surface area contributed by atoms with E-state index in [4.69, 9.17) is 10.5 Å². The number of nitrogens with one attached hydrogen (secondary N) is 1. The Bertz CT molecular complexity index is 661.